The quantitative estimate of drug-likeness (QED) is 0.590. The Morgan fingerprint density at radius 3 is 2.32 bits per heavy atom. The monoisotopic (exact) mass is 267 g/mol. The predicted octanol–water partition coefficient (Wildman–Crippen LogP) is 1.97. The van der Waals surface area contributed by atoms with Gasteiger partial charge in [0.1, 0.15) is 0 Å². The SMILES string of the molecule is CCCC(O)CNC(C)=C1C(=O)CC(C)(C)CC1=O. The lowest BCUT2D eigenvalue weighted by Gasteiger charge is -2.29. The number of rotatable bonds is 5. The summed E-state index contributed by atoms with van der Waals surface area (Å²) in [6.07, 6.45) is 2.00. The van der Waals surface area contributed by atoms with Crippen molar-refractivity contribution in [2.75, 3.05) is 6.54 Å². The van der Waals surface area contributed by atoms with E-state index < -0.39 is 6.10 Å². The maximum Gasteiger partial charge on any atom is 0.168 e. The second kappa shape index (κ2) is 6.33. The van der Waals surface area contributed by atoms with Gasteiger partial charge in [-0.3, -0.25) is 9.59 Å². The molecule has 4 nitrogen and oxygen atoms in total. The molecule has 0 aromatic carbocycles. The molecule has 0 heterocycles. The maximum atomic E-state index is 12.1. The van der Waals surface area contributed by atoms with Gasteiger partial charge in [-0.15, -0.1) is 0 Å². The molecule has 0 radical (unpaired) electrons. The van der Waals surface area contributed by atoms with E-state index in [1.54, 1.807) is 6.92 Å². The smallest absolute Gasteiger partial charge is 0.168 e. The first kappa shape index (κ1) is 15.9. The van der Waals surface area contributed by atoms with E-state index in [1.165, 1.54) is 0 Å². The highest BCUT2D eigenvalue weighted by molar-refractivity contribution is 6.22. The van der Waals surface area contributed by atoms with Gasteiger partial charge in [-0.25, -0.2) is 0 Å². The summed E-state index contributed by atoms with van der Waals surface area (Å²) in [4.78, 5) is 24.1. The molecule has 0 aromatic rings. The summed E-state index contributed by atoms with van der Waals surface area (Å²) >= 11 is 0. The van der Waals surface area contributed by atoms with E-state index in [1.807, 2.05) is 20.8 Å². The third-order valence-corrected chi connectivity index (χ3v) is 3.44. The Morgan fingerprint density at radius 2 is 1.84 bits per heavy atom. The number of Topliss-reactive ketones (excluding diaryl/α,β-unsaturated/α-hetero) is 2. The summed E-state index contributed by atoms with van der Waals surface area (Å²) in [6.45, 7) is 8.00. The number of aliphatic hydroxyl groups excluding tert-OH is 1. The molecule has 108 valence electrons. The minimum atomic E-state index is -0.439. The zero-order chi connectivity index (χ0) is 14.6. The normalized spacial score (nSPS) is 20.4. The topological polar surface area (TPSA) is 66.4 Å². The fourth-order valence-electron chi connectivity index (χ4n) is 2.48. The van der Waals surface area contributed by atoms with E-state index in [0.717, 1.165) is 6.42 Å². The molecule has 19 heavy (non-hydrogen) atoms. The third kappa shape index (κ3) is 4.46. The van der Waals surface area contributed by atoms with Gasteiger partial charge in [0.05, 0.1) is 11.7 Å². The van der Waals surface area contributed by atoms with Gasteiger partial charge >= 0.3 is 0 Å². The van der Waals surface area contributed by atoms with Gasteiger partial charge in [0.15, 0.2) is 11.6 Å². The first-order valence-electron chi connectivity index (χ1n) is 6.96. The third-order valence-electron chi connectivity index (χ3n) is 3.44. The molecule has 1 aliphatic carbocycles. The largest absolute Gasteiger partial charge is 0.391 e. The lowest BCUT2D eigenvalue weighted by atomic mass is 9.73. The Hall–Kier alpha value is -1.16. The maximum absolute atomic E-state index is 12.1. The van der Waals surface area contributed by atoms with Gasteiger partial charge in [-0.05, 0) is 18.8 Å². The standard InChI is InChI=1S/C15H25NO3/c1-5-6-11(17)9-16-10(2)14-12(18)7-15(3,4)8-13(14)19/h11,16-17H,5-9H2,1-4H3. The Bertz CT molecular complexity index is 374. The number of carbonyl (C=O) groups excluding carboxylic acids is 2. The fourth-order valence-corrected chi connectivity index (χ4v) is 2.48. The molecule has 2 N–H and O–H groups in total. The molecule has 0 aliphatic heterocycles. The molecule has 0 spiro atoms. The molecule has 1 atom stereocenters. The second-order valence-corrected chi connectivity index (χ2v) is 6.19. The Kier molecular flexibility index (Phi) is 5.29. The first-order valence-corrected chi connectivity index (χ1v) is 6.96. The molecule has 1 unspecified atom stereocenters. The van der Waals surface area contributed by atoms with Gasteiger partial charge < -0.3 is 10.4 Å². The van der Waals surface area contributed by atoms with Gasteiger partial charge in [0.25, 0.3) is 0 Å². The summed E-state index contributed by atoms with van der Waals surface area (Å²) in [6, 6.07) is 0. The van der Waals surface area contributed by atoms with Crippen LogP contribution >= 0.6 is 0 Å². The predicted molar refractivity (Wildman–Crippen MR) is 74.6 cm³/mol. The minimum Gasteiger partial charge on any atom is -0.391 e. The summed E-state index contributed by atoms with van der Waals surface area (Å²) in [5, 5.41) is 12.7. The van der Waals surface area contributed by atoms with Crippen molar-refractivity contribution in [1.29, 1.82) is 0 Å². The van der Waals surface area contributed by atoms with Crippen molar-refractivity contribution < 1.29 is 14.7 Å². The Labute approximate surface area is 115 Å². The van der Waals surface area contributed by atoms with Gasteiger partial charge in [0.2, 0.25) is 0 Å². The molecule has 0 amide bonds. The zero-order valence-electron chi connectivity index (χ0n) is 12.4. The highest BCUT2D eigenvalue weighted by atomic mass is 16.3. The fraction of sp³-hybridized carbons (Fsp3) is 0.733. The summed E-state index contributed by atoms with van der Waals surface area (Å²) in [5.74, 6) is -0.174. The average Bonchev–Trinajstić information content (AvgIpc) is 2.23. The number of hydrogen-bond acceptors (Lipinski definition) is 4. The number of allylic oxidation sites excluding steroid dienone is 2. The van der Waals surface area contributed by atoms with Crippen LogP contribution in [0.25, 0.3) is 0 Å². The van der Waals surface area contributed by atoms with Crippen LogP contribution in [-0.4, -0.2) is 29.3 Å². The van der Waals surface area contributed by atoms with Crippen LogP contribution in [0.3, 0.4) is 0 Å². The molecule has 0 bridgehead atoms. The van der Waals surface area contributed by atoms with Crippen LogP contribution in [0.5, 0.6) is 0 Å². The molecular weight excluding hydrogens is 242 g/mol. The number of aliphatic hydroxyl groups is 1. The van der Waals surface area contributed by atoms with Crippen molar-refractivity contribution in [2.24, 2.45) is 5.41 Å². The molecule has 1 fully saturated rings. The van der Waals surface area contributed by atoms with Crippen LogP contribution in [-0.2, 0) is 9.59 Å². The summed E-state index contributed by atoms with van der Waals surface area (Å²) in [7, 11) is 0. The van der Waals surface area contributed by atoms with Gasteiger partial charge in [-0.2, -0.15) is 0 Å². The van der Waals surface area contributed by atoms with Crippen molar-refractivity contribution in [3.05, 3.63) is 11.3 Å². The number of ketones is 2. The van der Waals surface area contributed by atoms with Gasteiger partial charge in [0, 0.05) is 25.1 Å². The number of hydrogen-bond donors (Lipinski definition) is 2. The van der Waals surface area contributed by atoms with E-state index in [-0.39, 0.29) is 17.0 Å². The van der Waals surface area contributed by atoms with Crippen LogP contribution in [0.1, 0.15) is 53.4 Å². The lowest BCUT2D eigenvalue weighted by Crippen LogP contribution is -2.35. The van der Waals surface area contributed by atoms with Crippen molar-refractivity contribution in [3.63, 3.8) is 0 Å². The molecule has 0 aromatic heterocycles. The molecular formula is C15H25NO3. The van der Waals surface area contributed by atoms with Crippen LogP contribution in [0.2, 0.25) is 0 Å². The van der Waals surface area contributed by atoms with E-state index in [2.05, 4.69) is 5.32 Å². The second-order valence-electron chi connectivity index (χ2n) is 6.19. The van der Waals surface area contributed by atoms with E-state index in [9.17, 15) is 14.7 Å². The lowest BCUT2D eigenvalue weighted by molar-refractivity contribution is -0.127. The van der Waals surface area contributed by atoms with Crippen LogP contribution in [0.4, 0.5) is 0 Å². The highest BCUT2D eigenvalue weighted by Crippen LogP contribution is 2.34. The van der Waals surface area contributed by atoms with Crippen LogP contribution in [0, 0.1) is 5.41 Å². The molecule has 0 saturated heterocycles. The number of nitrogens with one attached hydrogen (secondary N) is 1. The van der Waals surface area contributed by atoms with E-state index in [4.69, 9.17) is 0 Å². The Balaban J connectivity index is 2.73. The van der Waals surface area contributed by atoms with Crippen molar-refractivity contribution >= 4 is 11.6 Å². The number of carbonyl (C=O) groups is 2. The molecule has 4 heteroatoms. The molecule has 1 saturated carbocycles. The molecule has 1 aliphatic rings. The van der Waals surface area contributed by atoms with Crippen LogP contribution in [0.15, 0.2) is 11.3 Å². The zero-order valence-corrected chi connectivity index (χ0v) is 12.4. The average molecular weight is 267 g/mol. The van der Waals surface area contributed by atoms with E-state index >= 15 is 0 Å². The van der Waals surface area contributed by atoms with Crippen LogP contribution < -0.4 is 5.32 Å². The van der Waals surface area contributed by atoms with E-state index in [0.29, 0.717) is 37.1 Å². The highest BCUT2D eigenvalue weighted by Gasteiger charge is 2.36. The van der Waals surface area contributed by atoms with Crippen molar-refractivity contribution in [2.45, 2.75) is 59.5 Å². The van der Waals surface area contributed by atoms with Crippen molar-refractivity contribution in [1.82, 2.24) is 5.32 Å². The summed E-state index contributed by atoms with van der Waals surface area (Å²) in [5.41, 5.74) is 0.656. The summed E-state index contributed by atoms with van der Waals surface area (Å²) < 4.78 is 0. The molecule has 1 rings (SSSR count). The minimum absolute atomic E-state index is 0.0868. The van der Waals surface area contributed by atoms with Crippen molar-refractivity contribution in [3.8, 4) is 0 Å². The van der Waals surface area contributed by atoms with Gasteiger partial charge in [-0.1, -0.05) is 27.2 Å². The Morgan fingerprint density at radius 1 is 1.32 bits per heavy atom. The first-order chi connectivity index (χ1) is 8.76.